The third-order valence-electron chi connectivity index (χ3n) is 2.45. The molecule has 0 fully saturated rings. The predicted molar refractivity (Wildman–Crippen MR) is 70.0 cm³/mol. The van der Waals surface area contributed by atoms with E-state index in [4.69, 9.17) is 10.3 Å². The lowest BCUT2D eigenvalue weighted by Gasteiger charge is -1.90. The quantitative estimate of drug-likeness (QED) is 0.764. The summed E-state index contributed by atoms with van der Waals surface area (Å²) in [5, 5.41) is 4.67. The van der Waals surface area contributed by atoms with Gasteiger partial charge in [0.1, 0.15) is 5.69 Å². The fourth-order valence-corrected chi connectivity index (χ4v) is 2.50. The molecule has 0 unspecified atom stereocenters. The van der Waals surface area contributed by atoms with Crippen molar-refractivity contribution in [2.24, 2.45) is 0 Å². The average molecular weight is 258 g/mol. The first-order valence-corrected chi connectivity index (χ1v) is 6.17. The van der Waals surface area contributed by atoms with Crippen molar-refractivity contribution >= 4 is 16.3 Å². The summed E-state index contributed by atoms with van der Waals surface area (Å²) in [7, 11) is 0. The molecule has 0 atom stereocenters. The van der Waals surface area contributed by atoms with Crippen LogP contribution in [-0.2, 0) is 0 Å². The molecule has 0 aliphatic heterocycles. The van der Waals surface area contributed by atoms with Gasteiger partial charge in [-0.1, -0.05) is 11.2 Å². The number of nitrogens with two attached hydrogens (primary N) is 1. The van der Waals surface area contributed by atoms with E-state index < -0.39 is 0 Å². The van der Waals surface area contributed by atoms with E-state index in [1.165, 1.54) is 11.3 Å². The highest BCUT2D eigenvalue weighted by Gasteiger charge is 2.15. The van der Waals surface area contributed by atoms with E-state index in [0.717, 1.165) is 15.4 Å². The number of aryl methyl sites for hydroxylation is 1. The molecule has 0 saturated carbocycles. The number of aromatic nitrogens is 3. The highest BCUT2D eigenvalue weighted by molar-refractivity contribution is 7.19. The van der Waals surface area contributed by atoms with Crippen LogP contribution in [0.15, 0.2) is 35.0 Å². The molecule has 0 saturated heterocycles. The Morgan fingerprint density at radius 3 is 2.89 bits per heavy atom. The predicted octanol–water partition coefficient (Wildman–Crippen LogP) is 2.75. The Labute approximate surface area is 107 Å². The molecule has 3 aromatic heterocycles. The average Bonchev–Trinajstić information content (AvgIpc) is 2.97. The zero-order chi connectivity index (χ0) is 12.5. The van der Waals surface area contributed by atoms with E-state index in [9.17, 15) is 0 Å². The summed E-state index contributed by atoms with van der Waals surface area (Å²) in [6, 6.07) is 7.45. The van der Waals surface area contributed by atoms with Crippen LogP contribution >= 0.6 is 11.3 Å². The van der Waals surface area contributed by atoms with Crippen molar-refractivity contribution in [3.05, 3.63) is 36.0 Å². The molecule has 2 N–H and O–H groups in total. The Balaban J connectivity index is 2.02. The molecule has 90 valence electrons. The molecule has 3 rings (SSSR count). The SMILES string of the molecule is Cc1cc(N)sc1-c1nc(-c2ccccn2)no1. The first kappa shape index (κ1) is 10.9. The van der Waals surface area contributed by atoms with Gasteiger partial charge in [-0.25, -0.2) is 0 Å². The number of nitrogen functional groups attached to an aromatic ring is 1. The second-order valence-electron chi connectivity index (χ2n) is 3.80. The van der Waals surface area contributed by atoms with E-state index in [1.807, 2.05) is 31.2 Å². The second kappa shape index (κ2) is 4.23. The maximum Gasteiger partial charge on any atom is 0.268 e. The van der Waals surface area contributed by atoms with Crippen LogP contribution in [0.4, 0.5) is 5.00 Å². The van der Waals surface area contributed by atoms with Crippen LogP contribution in [0.2, 0.25) is 0 Å². The number of rotatable bonds is 2. The lowest BCUT2D eigenvalue weighted by Crippen LogP contribution is -1.83. The van der Waals surface area contributed by atoms with Gasteiger partial charge in [0.15, 0.2) is 0 Å². The van der Waals surface area contributed by atoms with Crippen molar-refractivity contribution < 1.29 is 4.52 Å². The zero-order valence-corrected chi connectivity index (χ0v) is 10.4. The minimum Gasteiger partial charge on any atom is -0.391 e. The smallest absolute Gasteiger partial charge is 0.268 e. The van der Waals surface area contributed by atoms with Crippen LogP contribution in [0.3, 0.4) is 0 Å². The number of thiophene rings is 1. The van der Waals surface area contributed by atoms with Gasteiger partial charge in [-0.05, 0) is 30.7 Å². The largest absolute Gasteiger partial charge is 0.391 e. The molecule has 0 aliphatic rings. The molecule has 0 radical (unpaired) electrons. The third kappa shape index (κ3) is 1.86. The van der Waals surface area contributed by atoms with E-state index in [1.54, 1.807) is 6.20 Å². The van der Waals surface area contributed by atoms with Crippen LogP contribution < -0.4 is 5.73 Å². The summed E-state index contributed by atoms with van der Waals surface area (Å²) >= 11 is 1.44. The molecule has 0 amide bonds. The van der Waals surface area contributed by atoms with Crippen LogP contribution in [0.25, 0.3) is 22.3 Å². The monoisotopic (exact) mass is 258 g/mol. The van der Waals surface area contributed by atoms with Crippen molar-refractivity contribution in [1.82, 2.24) is 15.1 Å². The highest BCUT2D eigenvalue weighted by atomic mass is 32.1. The highest BCUT2D eigenvalue weighted by Crippen LogP contribution is 2.33. The van der Waals surface area contributed by atoms with Gasteiger partial charge >= 0.3 is 0 Å². The van der Waals surface area contributed by atoms with E-state index in [2.05, 4.69) is 15.1 Å². The molecule has 18 heavy (non-hydrogen) atoms. The topological polar surface area (TPSA) is 77.8 Å². The van der Waals surface area contributed by atoms with E-state index in [0.29, 0.717) is 17.4 Å². The van der Waals surface area contributed by atoms with Crippen LogP contribution in [-0.4, -0.2) is 15.1 Å². The molecular formula is C12H10N4OS. The molecule has 6 heteroatoms. The molecule has 5 nitrogen and oxygen atoms in total. The van der Waals surface area contributed by atoms with Crippen LogP contribution in [0.5, 0.6) is 0 Å². The van der Waals surface area contributed by atoms with E-state index in [-0.39, 0.29) is 0 Å². The fourth-order valence-electron chi connectivity index (χ4n) is 1.63. The molecule has 0 aromatic carbocycles. The first-order valence-electron chi connectivity index (χ1n) is 5.35. The summed E-state index contributed by atoms with van der Waals surface area (Å²) in [4.78, 5) is 9.42. The summed E-state index contributed by atoms with van der Waals surface area (Å²) in [6.07, 6.45) is 1.69. The summed E-state index contributed by atoms with van der Waals surface area (Å²) in [5.41, 5.74) is 7.48. The van der Waals surface area contributed by atoms with Gasteiger partial charge in [0.25, 0.3) is 5.89 Å². The first-order chi connectivity index (χ1) is 8.74. The molecule has 0 spiro atoms. The van der Waals surface area contributed by atoms with Gasteiger partial charge < -0.3 is 10.3 Å². The number of anilines is 1. The van der Waals surface area contributed by atoms with Gasteiger partial charge in [-0.15, -0.1) is 11.3 Å². The van der Waals surface area contributed by atoms with Crippen molar-refractivity contribution in [2.75, 3.05) is 5.73 Å². The fraction of sp³-hybridized carbons (Fsp3) is 0.0833. The minimum absolute atomic E-state index is 0.481. The summed E-state index contributed by atoms with van der Waals surface area (Å²) < 4.78 is 5.25. The zero-order valence-electron chi connectivity index (χ0n) is 9.62. The lowest BCUT2D eigenvalue weighted by molar-refractivity contribution is 0.433. The normalized spacial score (nSPS) is 10.7. The Bertz CT molecular complexity index is 674. The maximum atomic E-state index is 5.75. The number of pyridine rings is 1. The number of hydrogen-bond donors (Lipinski definition) is 1. The number of hydrogen-bond acceptors (Lipinski definition) is 6. The van der Waals surface area contributed by atoms with Gasteiger partial charge in [0.2, 0.25) is 5.82 Å². The maximum absolute atomic E-state index is 5.75. The van der Waals surface area contributed by atoms with Crippen LogP contribution in [0.1, 0.15) is 5.56 Å². The molecular weight excluding hydrogens is 248 g/mol. The van der Waals surface area contributed by atoms with E-state index >= 15 is 0 Å². The van der Waals surface area contributed by atoms with Crippen molar-refractivity contribution in [3.63, 3.8) is 0 Å². The molecule has 0 aliphatic carbocycles. The Morgan fingerprint density at radius 2 is 2.22 bits per heavy atom. The molecule has 0 bridgehead atoms. The van der Waals surface area contributed by atoms with Crippen molar-refractivity contribution in [1.29, 1.82) is 0 Å². The Morgan fingerprint density at radius 1 is 1.33 bits per heavy atom. The summed E-state index contributed by atoms with van der Waals surface area (Å²) in [6.45, 7) is 1.97. The molecule has 3 aromatic rings. The van der Waals surface area contributed by atoms with Gasteiger partial charge in [0, 0.05) is 6.20 Å². The molecule has 3 heterocycles. The second-order valence-corrected chi connectivity index (χ2v) is 4.88. The van der Waals surface area contributed by atoms with Gasteiger partial charge in [-0.3, -0.25) is 4.98 Å². The van der Waals surface area contributed by atoms with Gasteiger partial charge in [-0.2, -0.15) is 4.98 Å². The number of nitrogens with zero attached hydrogens (tertiary/aromatic N) is 3. The van der Waals surface area contributed by atoms with Gasteiger partial charge in [0.05, 0.1) is 9.88 Å². The standard InChI is InChI=1S/C12H10N4OS/c1-7-6-9(13)18-10(7)12-15-11(16-17-12)8-4-2-3-5-14-8/h2-6H,13H2,1H3. The Kier molecular flexibility index (Phi) is 2.56. The summed E-state index contributed by atoms with van der Waals surface area (Å²) in [5.74, 6) is 0.965. The third-order valence-corrected chi connectivity index (χ3v) is 3.51. The van der Waals surface area contributed by atoms with Crippen molar-refractivity contribution in [2.45, 2.75) is 6.92 Å². The van der Waals surface area contributed by atoms with Crippen molar-refractivity contribution in [3.8, 4) is 22.3 Å². The lowest BCUT2D eigenvalue weighted by atomic mass is 10.3. The Hall–Kier alpha value is -2.21. The minimum atomic E-state index is 0.481. The van der Waals surface area contributed by atoms with Crippen LogP contribution in [0, 0.1) is 6.92 Å².